The molecule has 1 rings (SSSR count). The van der Waals surface area contributed by atoms with Gasteiger partial charge >= 0.3 is 0 Å². The van der Waals surface area contributed by atoms with E-state index < -0.39 is 0 Å². The van der Waals surface area contributed by atoms with Crippen LogP contribution in [0.5, 0.6) is 0 Å². The molecule has 0 bridgehead atoms. The minimum atomic E-state index is -0.191. The van der Waals surface area contributed by atoms with Gasteiger partial charge in [0.05, 0.1) is 11.1 Å². The zero-order valence-electron chi connectivity index (χ0n) is 11.9. The lowest BCUT2D eigenvalue weighted by Gasteiger charge is -2.29. The third kappa shape index (κ3) is 5.21. The summed E-state index contributed by atoms with van der Waals surface area (Å²) in [5, 5.41) is 3.40. The van der Waals surface area contributed by atoms with Gasteiger partial charge in [0.1, 0.15) is 5.82 Å². The smallest absolute Gasteiger partial charge is 0.137 e. The molecule has 1 unspecified atom stereocenters. The van der Waals surface area contributed by atoms with Crippen LogP contribution in [-0.2, 0) is 11.2 Å². The van der Waals surface area contributed by atoms with Crippen LogP contribution in [0.3, 0.4) is 0 Å². The van der Waals surface area contributed by atoms with Gasteiger partial charge in [-0.3, -0.25) is 0 Å². The van der Waals surface area contributed by atoms with E-state index in [0.29, 0.717) is 11.1 Å². The van der Waals surface area contributed by atoms with Crippen molar-refractivity contribution in [2.75, 3.05) is 26.8 Å². The molecule has 1 atom stereocenters. The summed E-state index contributed by atoms with van der Waals surface area (Å²) in [5.41, 5.74) is 1.14. The van der Waals surface area contributed by atoms with Crippen molar-refractivity contribution < 1.29 is 9.13 Å². The number of hydrogen-bond acceptors (Lipinski definition) is 2. The third-order valence-electron chi connectivity index (χ3n) is 3.54. The Hall–Kier alpha value is -0.450. The molecule has 0 radical (unpaired) electrons. The number of halogens is 2. The number of benzene rings is 1. The fourth-order valence-corrected chi connectivity index (χ4v) is 2.43. The highest BCUT2D eigenvalue weighted by atomic mass is 79.9. The van der Waals surface area contributed by atoms with Crippen LogP contribution in [0, 0.1) is 11.2 Å². The Morgan fingerprint density at radius 3 is 2.79 bits per heavy atom. The second-order valence-corrected chi connectivity index (χ2v) is 6.02. The van der Waals surface area contributed by atoms with E-state index in [9.17, 15) is 4.39 Å². The standard InChI is InChI=1S/C15H23BrFNO/c1-4-15(2,11-18-8-9-19-3)10-12-6-5-7-13(17)14(12)16/h5-7,18H,4,8-11H2,1-3H3. The van der Waals surface area contributed by atoms with E-state index in [2.05, 4.69) is 35.1 Å². The predicted octanol–water partition coefficient (Wildman–Crippen LogP) is 3.78. The predicted molar refractivity (Wildman–Crippen MR) is 80.9 cm³/mol. The molecule has 0 amide bonds. The molecular weight excluding hydrogens is 309 g/mol. The van der Waals surface area contributed by atoms with Crippen LogP contribution in [0.1, 0.15) is 25.8 Å². The summed E-state index contributed by atoms with van der Waals surface area (Å²) in [6, 6.07) is 5.23. The molecule has 0 aliphatic carbocycles. The molecule has 0 saturated carbocycles. The first-order chi connectivity index (χ1) is 9.02. The van der Waals surface area contributed by atoms with Crippen molar-refractivity contribution in [3.8, 4) is 0 Å². The van der Waals surface area contributed by atoms with Crippen molar-refractivity contribution in [1.82, 2.24) is 5.32 Å². The van der Waals surface area contributed by atoms with Gasteiger partial charge in [0, 0.05) is 20.2 Å². The summed E-state index contributed by atoms with van der Waals surface area (Å²) in [6.07, 6.45) is 1.89. The SMILES string of the molecule is CCC(C)(CNCCOC)Cc1cccc(F)c1Br. The van der Waals surface area contributed by atoms with E-state index in [-0.39, 0.29) is 11.2 Å². The monoisotopic (exact) mass is 331 g/mol. The third-order valence-corrected chi connectivity index (χ3v) is 4.43. The Bertz CT molecular complexity index is 400. The van der Waals surface area contributed by atoms with Gasteiger partial charge in [-0.05, 0) is 45.8 Å². The van der Waals surface area contributed by atoms with Crippen LogP contribution < -0.4 is 5.32 Å². The van der Waals surface area contributed by atoms with Gasteiger partial charge in [0.25, 0.3) is 0 Å². The van der Waals surface area contributed by atoms with E-state index in [1.807, 2.05) is 6.07 Å². The van der Waals surface area contributed by atoms with Crippen LogP contribution in [0.25, 0.3) is 0 Å². The second kappa shape index (κ2) is 7.98. The maximum Gasteiger partial charge on any atom is 0.137 e. The number of nitrogens with one attached hydrogen (secondary N) is 1. The van der Waals surface area contributed by atoms with Crippen molar-refractivity contribution in [2.45, 2.75) is 26.7 Å². The van der Waals surface area contributed by atoms with Gasteiger partial charge in [0.2, 0.25) is 0 Å². The van der Waals surface area contributed by atoms with E-state index in [0.717, 1.165) is 31.5 Å². The van der Waals surface area contributed by atoms with Crippen molar-refractivity contribution >= 4 is 15.9 Å². The lowest BCUT2D eigenvalue weighted by Crippen LogP contribution is -2.35. The molecule has 0 aromatic heterocycles. The van der Waals surface area contributed by atoms with Gasteiger partial charge in [-0.1, -0.05) is 26.0 Å². The Labute approximate surface area is 123 Å². The fourth-order valence-electron chi connectivity index (χ4n) is 2.02. The summed E-state index contributed by atoms with van der Waals surface area (Å²) >= 11 is 3.34. The second-order valence-electron chi connectivity index (χ2n) is 5.22. The molecular formula is C15H23BrFNO. The lowest BCUT2D eigenvalue weighted by molar-refractivity contribution is 0.191. The number of methoxy groups -OCH3 is 1. The molecule has 0 aliphatic heterocycles. The molecule has 1 N–H and O–H groups in total. The van der Waals surface area contributed by atoms with E-state index in [1.54, 1.807) is 13.2 Å². The fraction of sp³-hybridized carbons (Fsp3) is 0.600. The number of rotatable bonds is 8. The molecule has 0 saturated heterocycles. The van der Waals surface area contributed by atoms with Crippen molar-refractivity contribution in [2.24, 2.45) is 5.41 Å². The van der Waals surface area contributed by atoms with Gasteiger partial charge in [-0.25, -0.2) is 4.39 Å². The van der Waals surface area contributed by atoms with Gasteiger partial charge in [-0.2, -0.15) is 0 Å². The molecule has 19 heavy (non-hydrogen) atoms. The molecule has 4 heteroatoms. The summed E-state index contributed by atoms with van der Waals surface area (Å²) in [4.78, 5) is 0. The highest BCUT2D eigenvalue weighted by molar-refractivity contribution is 9.10. The maximum absolute atomic E-state index is 13.5. The first kappa shape index (κ1) is 16.6. The first-order valence-electron chi connectivity index (χ1n) is 6.65. The quantitative estimate of drug-likeness (QED) is 0.732. The minimum Gasteiger partial charge on any atom is -0.383 e. The van der Waals surface area contributed by atoms with E-state index in [1.165, 1.54) is 6.07 Å². The zero-order valence-corrected chi connectivity index (χ0v) is 13.5. The summed E-state index contributed by atoms with van der Waals surface area (Å²) in [6.45, 7) is 6.85. The zero-order chi connectivity index (χ0) is 14.3. The maximum atomic E-state index is 13.5. The molecule has 0 aliphatic rings. The molecule has 2 nitrogen and oxygen atoms in total. The van der Waals surface area contributed by atoms with Crippen LogP contribution in [0.4, 0.5) is 4.39 Å². The van der Waals surface area contributed by atoms with Crippen LogP contribution in [0.15, 0.2) is 22.7 Å². The molecule has 1 aromatic rings. The number of ether oxygens (including phenoxy) is 1. The molecule has 108 valence electrons. The normalized spacial score (nSPS) is 14.4. The largest absolute Gasteiger partial charge is 0.383 e. The topological polar surface area (TPSA) is 21.3 Å². The van der Waals surface area contributed by atoms with E-state index >= 15 is 0 Å². The summed E-state index contributed by atoms with van der Waals surface area (Å²) < 4.78 is 19.1. The first-order valence-corrected chi connectivity index (χ1v) is 7.44. The van der Waals surface area contributed by atoms with E-state index in [4.69, 9.17) is 4.74 Å². The summed E-state index contributed by atoms with van der Waals surface area (Å²) in [5.74, 6) is -0.191. The highest BCUT2D eigenvalue weighted by Gasteiger charge is 2.23. The van der Waals surface area contributed by atoms with Gasteiger partial charge in [-0.15, -0.1) is 0 Å². The molecule has 1 aromatic carbocycles. The van der Waals surface area contributed by atoms with Crippen molar-refractivity contribution in [3.63, 3.8) is 0 Å². The number of hydrogen-bond donors (Lipinski definition) is 1. The lowest BCUT2D eigenvalue weighted by atomic mass is 9.81. The Balaban J connectivity index is 2.66. The van der Waals surface area contributed by atoms with Crippen molar-refractivity contribution in [1.29, 1.82) is 0 Å². The van der Waals surface area contributed by atoms with Crippen LogP contribution in [0.2, 0.25) is 0 Å². The Morgan fingerprint density at radius 1 is 1.42 bits per heavy atom. The van der Waals surface area contributed by atoms with Gasteiger partial charge < -0.3 is 10.1 Å². The van der Waals surface area contributed by atoms with Crippen LogP contribution in [-0.4, -0.2) is 26.8 Å². The Morgan fingerprint density at radius 2 is 2.16 bits per heavy atom. The highest BCUT2D eigenvalue weighted by Crippen LogP contribution is 2.30. The average Bonchev–Trinajstić information content (AvgIpc) is 2.40. The minimum absolute atomic E-state index is 0.115. The summed E-state index contributed by atoms with van der Waals surface area (Å²) in [7, 11) is 1.70. The Kier molecular flexibility index (Phi) is 6.97. The molecule has 0 spiro atoms. The van der Waals surface area contributed by atoms with Crippen molar-refractivity contribution in [3.05, 3.63) is 34.1 Å². The van der Waals surface area contributed by atoms with Gasteiger partial charge in [0.15, 0.2) is 0 Å². The van der Waals surface area contributed by atoms with Crippen LogP contribution >= 0.6 is 15.9 Å². The molecule has 0 heterocycles. The molecule has 0 fully saturated rings. The average molecular weight is 332 g/mol.